The van der Waals surface area contributed by atoms with E-state index in [0.29, 0.717) is 29.5 Å². The number of hydrogen-bond donors (Lipinski definition) is 2. The number of amides is 1. The molecule has 0 spiro atoms. The smallest absolute Gasteiger partial charge is 0.274 e. The minimum Gasteiger partial charge on any atom is -0.394 e. The maximum Gasteiger partial charge on any atom is 0.274 e. The second-order valence-electron chi connectivity index (χ2n) is 6.42. The van der Waals surface area contributed by atoms with E-state index < -0.39 is 0 Å². The molecule has 0 aliphatic rings. The molecule has 4 aromatic rings. The number of aliphatic hydroxyl groups is 1. The van der Waals surface area contributed by atoms with Gasteiger partial charge in [0.2, 0.25) is 12.2 Å². The van der Waals surface area contributed by atoms with Gasteiger partial charge in [0, 0.05) is 17.4 Å². The lowest BCUT2D eigenvalue weighted by Crippen LogP contribution is -2.15. The molecule has 9 nitrogen and oxygen atoms in total. The zero-order valence-corrected chi connectivity index (χ0v) is 15.7. The summed E-state index contributed by atoms with van der Waals surface area (Å²) < 4.78 is 11.8. The predicted octanol–water partition coefficient (Wildman–Crippen LogP) is 2.45. The predicted molar refractivity (Wildman–Crippen MR) is 104 cm³/mol. The van der Waals surface area contributed by atoms with Gasteiger partial charge in [-0.2, -0.15) is 4.98 Å². The van der Waals surface area contributed by atoms with Crippen LogP contribution in [0.1, 0.15) is 21.6 Å². The summed E-state index contributed by atoms with van der Waals surface area (Å²) in [6.45, 7) is 2.52. The largest absolute Gasteiger partial charge is 0.394 e. The Hall–Kier alpha value is -3.56. The van der Waals surface area contributed by atoms with Gasteiger partial charge in [-0.15, -0.1) is 0 Å². The number of hydrogen-bond acceptors (Lipinski definition) is 7. The lowest BCUT2D eigenvalue weighted by Gasteiger charge is -2.10. The lowest BCUT2D eigenvalue weighted by atomic mass is 10.1. The summed E-state index contributed by atoms with van der Waals surface area (Å²) in [5, 5.41) is 15.5. The molecule has 0 saturated heterocycles. The van der Waals surface area contributed by atoms with Crippen molar-refractivity contribution in [1.82, 2.24) is 19.5 Å². The molecule has 0 saturated carbocycles. The fourth-order valence-corrected chi connectivity index (χ4v) is 2.92. The highest BCUT2D eigenvalue weighted by atomic mass is 16.5. The van der Waals surface area contributed by atoms with Gasteiger partial charge in [0.05, 0.1) is 26.0 Å². The van der Waals surface area contributed by atoms with Gasteiger partial charge in [-0.3, -0.25) is 9.20 Å². The molecule has 3 heterocycles. The molecule has 1 aromatic carbocycles. The summed E-state index contributed by atoms with van der Waals surface area (Å²) in [4.78, 5) is 21.2. The molecular weight excluding hydrogens is 374 g/mol. The number of aryl methyl sites for hydroxylation is 1. The summed E-state index contributed by atoms with van der Waals surface area (Å²) in [7, 11) is 0. The van der Waals surface area contributed by atoms with Crippen LogP contribution in [-0.2, 0) is 11.3 Å². The highest BCUT2D eigenvalue weighted by Crippen LogP contribution is 2.23. The molecule has 0 fully saturated rings. The Morgan fingerprint density at radius 1 is 1.28 bits per heavy atom. The van der Waals surface area contributed by atoms with Crippen molar-refractivity contribution in [2.45, 2.75) is 13.5 Å². The normalized spacial score (nSPS) is 11.1. The van der Waals surface area contributed by atoms with E-state index in [9.17, 15) is 4.79 Å². The molecule has 0 aliphatic carbocycles. The van der Waals surface area contributed by atoms with Crippen molar-refractivity contribution in [3.63, 3.8) is 0 Å². The minimum absolute atomic E-state index is 0.0245. The van der Waals surface area contributed by atoms with Gasteiger partial charge in [-0.25, -0.2) is 4.98 Å². The molecule has 0 radical (unpaired) electrons. The summed E-state index contributed by atoms with van der Waals surface area (Å²) in [5.41, 5.74) is 4.26. The van der Waals surface area contributed by atoms with Crippen molar-refractivity contribution in [2.24, 2.45) is 0 Å². The van der Waals surface area contributed by atoms with Crippen LogP contribution in [-0.4, -0.2) is 43.8 Å². The van der Waals surface area contributed by atoms with Gasteiger partial charge in [0.1, 0.15) is 11.3 Å². The zero-order valence-electron chi connectivity index (χ0n) is 15.7. The van der Waals surface area contributed by atoms with Gasteiger partial charge >= 0.3 is 0 Å². The van der Waals surface area contributed by atoms with Crippen LogP contribution in [0.5, 0.6) is 0 Å². The highest BCUT2D eigenvalue weighted by molar-refractivity contribution is 6.04. The number of nitrogens with one attached hydrogen (secondary N) is 1. The first kappa shape index (κ1) is 18.8. The number of ether oxygens (including phenoxy) is 1. The minimum atomic E-state index is -0.282. The van der Waals surface area contributed by atoms with E-state index in [1.165, 1.54) is 12.6 Å². The standard InChI is InChI=1S/C20H19N5O4/c1-13-2-3-15(19-22-12-29-24-19)9-16(13)23-20(27)17-10-21-18-8-14(4-5-25(17)18)11-28-7-6-26/h2-5,8-10,12,26H,6-7,11H2,1H3,(H,23,27). The van der Waals surface area contributed by atoms with Gasteiger partial charge < -0.3 is 19.7 Å². The monoisotopic (exact) mass is 393 g/mol. The number of imidazole rings is 1. The van der Waals surface area contributed by atoms with Crippen molar-refractivity contribution in [3.8, 4) is 11.4 Å². The Balaban J connectivity index is 1.56. The molecule has 9 heteroatoms. The number of fused-ring (bicyclic) bond motifs is 1. The average Bonchev–Trinajstić information content (AvgIpc) is 3.39. The van der Waals surface area contributed by atoms with E-state index in [4.69, 9.17) is 14.4 Å². The van der Waals surface area contributed by atoms with Gasteiger partial charge in [0.15, 0.2) is 0 Å². The maximum absolute atomic E-state index is 12.9. The zero-order chi connectivity index (χ0) is 20.2. The SMILES string of the molecule is Cc1ccc(-c2ncon2)cc1NC(=O)c1cnc2cc(COCCO)ccn12. The molecule has 148 valence electrons. The van der Waals surface area contributed by atoms with Crippen molar-refractivity contribution in [2.75, 3.05) is 18.5 Å². The fourth-order valence-electron chi connectivity index (χ4n) is 2.92. The van der Waals surface area contributed by atoms with Crippen LogP contribution < -0.4 is 5.32 Å². The Morgan fingerprint density at radius 3 is 2.97 bits per heavy atom. The Morgan fingerprint density at radius 2 is 2.17 bits per heavy atom. The highest BCUT2D eigenvalue weighted by Gasteiger charge is 2.15. The maximum atomic E-state index is 12.9. The molecule has 0 bridgehead atoms. The van der Waals surface area contributed by atoms with Crippen molar-refractivity contribution >= 4 is 17.2 Å². The van der Waals surface area contributed by atoms with E-state index in [1.54, 1.807) is 16.7 Å². The van der Waals surface area contributed by atoms with Crippen LogP contribution in [0.15, 0.2) is 53.6 Å². The van der Waals surface area contributed by atoms with Crippen LogP contribution in [0.2, 0.25) is 0 Å². The number of aromatic nitrogens is 4. The van der Waals surface area contributed by atoms with Crippen LogP contribution >= 0.6 is 0 Å². The molecule has 4 rings (SSSR count). The van der Waals surface area contributed by atoms with Crippen LogP contribution in [0.25, 0.3) is 17.0 Å². The first-order chi connectivity index (χ1) is 14.2. The number of aliphatic hydroxyl groups excluding tert-OH is 1. The second kappa shape index (κ2) is 8.21. The number of carbonyl (C=O) groups excluding carboxylic acids is 1. The van der Waals surface area contributed by atoms with Crippen LogP contribution in [0.3, 0.4) is 0 Å². The van der Waals surface area contributed by atoms with Gasteiger partial charge in [0.25, 0.3) is 5.91 Å². The molecular formula is C20H19N5O4. The third-order valence-electron chi connectivity index (χ3n) is 4.42. The Bertz CT molecular complexity index is 1140. The number of nitrogens with zero attached hydrogens (tertiary/aromatic N) is 4. The van der Waals surface area contributed by atoms with Crippen LogP contribution in [0.4, 0.5) is 5.69 Å². The quantitative estimate of drug-likeness (QED) is 0.464. The van der Waals surface area contributed by atoms with E-state index in [1.807, 2.05) is 31.2 Å². The number of carbonyl (C=O) groups is 1. The van der Waals surface area contributed by atoms with Crippen molar-refractivity contribution in [1.29, 1.82) is 0 Å². The molecule has 0 unspecified atom stereocenters. The first-order valence-corrected chi connectivity index (χ1v) is 8.99. The molecule has 0 atom stereocenters. The Labute approximate surface area is 166 Å². The van der Waals surface area contributed by atoms with E-state index in [2.05, 4.69) is 20.4 Å². The molecule has 0 aliphatic heterocycles. The summed E-state index contributed by atoms with van der Waals surface area (Å²) in [5.74, 6) is 0.168. The summed E-state index contributed by atoms with van der Waals surface area (Å²) in [6.07, 6.45) is 4.56. The molecule has 1 amide bonds. The van der Waals surface area contributed by atoms with E-state index in [-0.39, 0.29) is 19.1 Å². The number of pyridine rings is 1. The van der Waals surface area contributed by atoms with Crippen molar-refractivity contribution < 1.29 is 19.2 Å². The third kappa shape index (κ3) is 4.00. The molecule has 2 N–H and O–H groups in total. The molecule has 3 aromatic heterocycles. The van der Waals surface area contributed by atoms with Crippen LogP contribution in [0, 0.1) is 6.92 Å². The number of rotatable bonds is 7. The average molecular weight is 393 g/mol. The summed E-state index contributed by atoms with van der Waals surface area (Å²) in [6, 6.07) is 9.25. The lowest BCUT2D eigenvalue weighted by molar-refractivity contribution is 0.0815. The van der Waals surface area contributed by atoms with Gasteiger partial charge in [-0.1, -0.05) is 17.3 Å². The van der Waals surface area contributed by atoms with Crippen molar-refractivity contribution in [3.05, 3.63) is 65.9 Å². The number of anilines is 1. The van der Waals surface area contributed by atoms with E-state index in [0.717, 1.165) is 16.7 Å². The topological polar surface area (TPSA) is 115 Å². The fraction of sp³-hybridized carbons (Fsp3) is 0.200. The summed E-state index contributed by atoms with van der Waals surface area (Å²) >= 11 is 0. The van der Waals surface area contributed by atoms with Gasteiger partial charge in [-0.05, 0) is 36.2 Å². The van der Waals surface area contributed by atoms with E-state index >= 15 is 0 Å². The molecule has 29 heavy (non-hydrogen) atoms. The Kier molecular flexibility index (Phi) is 5.32. The second-order valence-corrected chi connectivity index (χ2v) is 6.42. The number of benzene rings is 1. The third-order valence-corrected chi connectivity index (χ3v) is 4.42. The first-order valence-electron chi connectivity index (χ1n) is 8.99.